The minimum atomic E-state index is -1.78. The Hall–Kier alpha value is -4.25. The first-order chi connectivity index (χ1) is 21.0. The van der Waals surface area contributed by atoms with Gasteiger partial charge in [-0.05, 0) is 73.6 Å². The molecule has 11 heteroatoms. The second kappa shape index (κ2) is 10.2. The van der Waals surface area contributed by atoms with Crippen LogP contribution in [-0.4, -0.2) is 45.9 Å². The third-order valence-corrected chi connectivity index (χ3v) is 10.3. The molecule has 4 amide bonds. The zero-order chi connectivity index (χ0) is 31.1. The molecule has 9 nitrogen and oxygen atoms in total. The van der Waals surface area contributed by atoms with Crippen molar-refractivity contribution in [2.45, 2.75) is 25.7 Å². The molecule has 0 bridgehead atoms. The molecule has 6 atom stereocenters. The third-order valence-electron chi connectivity index (χ3n) is 10.0. The van der Waals surface area contributed by atoms with Gasteiger partial charge in [-0.3, -0.25) is 24.1 Å². The van der Waals surface area contributed by atoms with Crippen molar-refractivity contribution in [2.24, 2.45) is 29.1 Å². The van der Waals surface area contributed by atoms with Gasteiger partial charge in [0.1, 0.15) is 5.75 Å². The minimum absolute atomic E-state index is 0.0868. The summed E-state index contributed by atoms with van der Waals surface area (Å²) in [5.74, 6) is -5.46. The van der Waals surface area contributed by atoms with Crippen molar-refractivity contribution < 1.29 is 34.3 Å². The van der Waals surface area contributed by atoms with Crippen LogP contribution in [0.25, 0.3) is 0 Å². The Kier molecular flexibility index (Phi) is 6.58. The number of aromatic hydroxyl groups is 1. The van der Waals surface area contributed by atoms with Gasteiger partial charge >= 0.3 is 7.12 Å². The van der Waals surface area contributed by atoms with E-state index in [-0.39, 0.29) is 29.7 Å². The number of phenols is 1. The first kappa shape index (κ1) is 28.5. The molecule has 2 aliphatic carbocycles. The van der Waals surface area contributed by atoms with Crippen LogP contribution in [0, 0.1) is 29.1 Å². The van der Waals surface area contributed by atoms with Crippen LogP contribution in [0.4, 0.5) is 11.4 Å². The standard InChI is InChI=1S/C33H28BClN2O7/c1-33-25(30(40)37(32(33)42)19-7-3-2-4-8-19)16-23-21(28(33)24-15-18(35)10-13-26(24)38)11-12-22-27(23)31(41)36(29(22)39)20-9-5-6-17(14-20)34(43)44/h2-11,13-15,22-23,25,27-28,38,43-44H,12,16H2,1H3. The number of fused-ring (bicyclic) bond motifs is 4. The van der Waals surface area contributed by atoms with Crippen LogP contribution in [0.2, 0.25) is 5.02 Å². The van der Waals surface area contributed by atoms with Crippen molar-refractivity contribution in [3.05, 3.63) is 95.0 Å². The Bertz CT molecular complexity index is 1780. The van der Waals surface area contributed by atoms with Gasteiger partial charge in [0.05, 0.1) is 34.5 Å². The Morgan fingerprint density at radius 3 is 2.30 bits per heavy atom. The topological polar surface area (TPSA) is 135 Å². The fraction of sp³-hybridized carbons (Fsp3) is 0.273. The molecular formula is C33H28BClN2O7. The second-order valence-corrected chi connectivity index (χ2v) is 12.6. The van der Waals surface area contributed by atoms with E-state index in [0.717, 1.165) is 10.5 Å². The fourth-order valence-electron chi connectivity index (χ4n) is 8.02. The van der Waals surface area contributed by atoms with E-state index in [1.807, 2.05) is 6.08 Å². The highest BCUT2D eigenvalue weighted by Gasteiger charge is 2.68. The lowest BCUT2D eigenvalue weighted by Crippen LogP contribution is -2.49. The van der Waals surface area contributed by atoms with Crippen LogP contribution in [-0.2, 0) is 19.2 Å². The average molecular weight is 611 g/mol. The summed E-state index contributed by atoms with van der Waals surface area (Å²) in [6.45, 7) is 1.74. The minimum Gasteiger partial charge on any atom is -0.508 e. The molecule has 3 aromatic carbocycles. The van der Waals surface area contributed by atoms with E-state index in [9.17, 15) is 34.3 Å². The highest BCUT2D eigenvalue weighted by Crippen LogP contribution is 2.64. The fourth-order valence-corrected chi connectivity index (χ4v) is 8.20. The molecule has 0 radical (unpaired) electrons. The average Bonchev–Trinajstić information content (AvgIpc) is 3.38. The summed E-state index contributed by atoms with van der Waals surface area (Å²) in [5.41, 5.74) is 0.605. The number of carbonyl (C=O) groups excluding carboxylic acids is 4. The number of amides is 4. The van der Waals surface area contributed by atoms with Gasteiger partial charge in [0.15, 0.2) is 0 Å². The summed E-state index contributed by atoms with van der Waals surface area (Å²) in [6.07, 6.45) is 2.28. The lowest BCUT2D eigenvalue weighted by atomic mass is 9.51. The van der Waals surface area contributed by atoms with Crippen LogP contribution < -0.4 is 15.3 Å². The maximum Gasteiger partial charge on any atom is 0.488 e. The largest absolute Gasteiger partial charge is 0.508 e. The summed E-state index contributed by atoms with van der Waals surface area (Å²) in [6, 6.07) is 19.3. The number of imide groups is 2. The summed E-state index contributed by atoms with van der Waals surface area (Å²) in [7, 11) is -1.78. The number of phenolic OH excluding ortho intramolecular Hbond substituents is 1. The monoisotopic (exact) mass is 610 g/mol. The molecule has 4 aliphatic rings. The molecule has 2 aliphatic heterocycles. The van der Waals surface area contributed by atoms with E-state index >= 15 is 0 Å². The van der Waals surface area contributed by atoms with Crippen LogP contribution in [0.5, 0.6) is 5.75 Å². The lowest BCUT2D eigenvalue weighted by molar-refractivity contribution is -0.131. The maximum atomic E-state index is 14.4. The Labute approximate surface area is 258 Å². The Balaban J connectivity index is 1.37. The van der Waals surface area contributed by atoms with E-state index in [4.69, 9.17) is 11.6 Å². The summed E-state index contributed by atoms with van der Waals surface area (Å²) in [4.78, 5) is 58.8. The van der Waals surface area contributed by atoms with E-state index < -0.39 is 65.8 Å². The number of para-hydroxylation sites is 1. The highest BCUT2D eigenvalue weighted by atomic mass is 35.5. The number of anilines is 2. The number of hydrogen-bond donors (Lipinski definition) is 3. The van der Waals surface area contributed by atoms with Gasteiger partial charge in [-0.15, -0.1) is 0 Å². The van der Waals surface area contributed by atoms with E-state index in [0.29, 0.717) is 16.3 Å². The van der Waals surface area contributed by atoms with Gasteiger partial charge in [0.25, 0.3) is 0 Å². The number of rotatable bonds is 4. The number of halogens is 1. The normalized spacial score (nSPS) is 29.4. The molecule has 3 aromatic rings. The quantitative estimate of drug-likeness (QED) is 0.235. The van der Waals surface area contributed by atoms with Crippen LogP contribution >= 0.6 is 11.6 Å². The van der Waals surface area contributed by atoms with Gasteiger partial charge in [0.2, 0.25) is 23.6 Å². The molecule has 1 saturated carbocycles. The molecule has 0 spiro atoms. The van der Waals surface area contributed by atoms with Crippen LogP contribution in [0.1, 0.15) is 31.2 Å². The summed E-state index contributed by atoms with van der Waals surface area (Å²) in [5, 5.41) is 30.8. The third kappa shape index (κ3) is 3.94. The molecule has 0 aromatic heterocycles. The SMILES string of the molecule is CC12C(=O)N(c3ccccc3)C(=O)C1CC1C(=CCC3C(=O)N(c4cccc(B(O)O)c4)C(=O)C31)C2c1cc(Cl)ccc1O. The second-order valence-electron chi connectivity index (χ2n) is 12.2. The van der Waals surface area contributed by atoms with Crippen molar-refractivity contribution in [2.75, 3.05) is 9.80 Å². The summed E-state index contributed by atoms with van der Waals surface area (Å²) >= 11 is 6.41. The Morgan fingerprint density at radius 1 is 0.841 bits per heavy atom. The van der Waals surface area contributed by atoms with Crippen molar-refractivity contribution in [1.29, 1.82) is 0 Å². The number of carbonyl (C=O) groups is 4. The first-order valence-electron chi connectivity index (χ1n) is 14.5. The van der Waals surface area contributed by atoms with Crippen molar-refractivity contribution in [1.82, 2.24) is 0 Å². The van der Waals surface area contributed by atoms with Gasteiger partial charge in [-0.1, -0.05) is 53.6 Å². The lowest BCUT2D eigenvalue weighted by Gasteiger charge is -2.49. The molecular weight excluding hydrogens is 583 g/mol. The van der Waals surface area contributed by atoms with Gasteiger partial charge in [-0.2, -0.15) is 0 Å². The molecule has 6 unspecified atom stereocenters. The molecule has 44 heavy (non-hydrogen) atoms. The molecule has 3 fully saturated rings. The van der Waals surface area contributed by atoms with Gasteiger partial charge in [-0.25, -0.2) is 4.90 Å². The van der Waals surface area contributed by atoms with Crippen LogP contribution in [0.3, 0.4) is 0 Å². The predicted molar refractivity (Wildman–Crippen MR) is 163 cm³/mol. The maximum absolute atomic E-state index is 14.4. The number of nitrogens with zero attached hydrogens (tertiary/aromatic N) is 2. The zero-order valence-corrected chi connectivity index (χ0v) is 24.4. The smallest absolute Gasteiger partial charge is 0.488 e. The van der Waals surface area contributed by atoms with Gasteiger partial charge < -0.3 is 15.2 Å². The number of benzene rings is 3. The molecule has 2 heterocycles. The van der Waals surface area contributed by atoms with Crippen LogP contribution in [0.15, 0.2) is 84.4 Å². The van der Waals surface area contributed by atoms with Crippen molar-refractivity contribution >= 4 is 59.2 Å². The molecule has 3 N–H and O–H groups in total. The van der Waals surface area contributed by atoms with E-state index in [1.165, 1.54) is 29.2 Å². The van der Waals surface area contributed by atoms with Crippen molar-refractivity contribution in [3.8, 4) is 5.75 Å². The molecule has 2 saturated heterocycles. The van der Waals surface area contributed by atoms with E-state index in [2.05, 4.69) is 0 Å². The first-order valence-corrected chi connectivity index (χ1v) is 14.9. The zero-order valence-electron chi connectivity index (χ0n) is 23.6. The number of allylic oxidation sites excluding steroid dienone is 2. The number of hydrogen-bond acceptors (Lipinski definition) is 7. The van der Waals surface area contributed by atoms with Gasteiger partial charge in [0, 0.05) is 16.5 Å². The highest BCUT2D eigenvalue weighted by molar-refractivity contribution is 6.58. The molecule has 7 rings (SSSR count). The Morgan fingerprint density at radius 2 is 1.57 bits per heavy atom. The van der Waals surface area contributed by atoms with E-state index in [1.54, 1.807) is 55.5 Å². The summed E-state index contributed by atoms with van der Waals surface area (Å²) < 4.78 is 0. The predicted octanol–water partition coefficient (Wildman–Crippen LogP) is 3.16. The van der Waals surface area contributed by atoms with Crippen molar-refractivity contribution in [3.63, 3.8) is 0 Å². The molecule has 222 valence electrons.